The number of aromatic hydroxyl groups is 1. The van der Waals surface area contributed by atoms with Crippen LogP contribution in [0.5, 0.6) is 17.2 Å². The Morgan fingerprint density at radius 1 is 1.25 bits per heavy atom. The molecule has 0 aliphatic heterocycles. The van der Waals surface area contributed by atoms with E-state index in [9.17, 15) is 9.90 Å². The minimum absolute atomic E-state index is 0.0244. The van der Waals surface area contributed by atoms with Gasteiger partial charge in [0.1, 0.15) is 17.2 Å². The number of nitrogens with zero attached hydrogens (tertiary/aromatic N) is 1. The standard InChI is InChI=1S/C16H14BrClN2O4/c1-23-13-5-6-14(24-2)15(17)11(13)8-19-20-16(22)10-7-9(18)3-4-12(10)21/h3-8,21H,1-2H3,(H,20,22)/b19-8+. The summed E-state index contributed by atoms with van der Waals surface area (Å²) in [5.74, 6) is 0.360. The van der Waals surface area contributed by atoms with E-state index in [1.807, 2.05) is 0 Å². The lowest BCUT2D eigenvalue weighted by molar-refractivity contribution is 0.0952. The summed E-state index contributed by atoms with van der Waals surface area (Å²) in [5.41, 5.74) is 2.94. The number of benzene rings is 2. The van der Waals surface area contributed by atoms with Crippen molar-refractivity contribution in [1.29, 1.82) is 0 Å². The van der Waals surface area contributed by atoms with Gasteiger partial charge < -0.3 is 14.6 Å². The predicted octanol–water partition coefficient (Wildman–Crippen LogP) is 3.59. The van der Waals surface area contributed by atoms with Gasteiger partial charge in [0.25, 0.3) is 5.91 Å². The van der Waals surface area contributed by atoms with Crippen LogP contribution in [-0.2, 0) is 0 Å². The Balaban J connectivity index is 2.23. The third-order valence-corrected chi connectivity index (χ3v) is 4.16. The second-order valence-electron chi connectivity index (χ2n) is 4.56. The molecule has 6 nitrogen and oxygen atoms in total. The fourth-order valence-electron chi connectivity index (χ4n) is 1.92. The number of phenols is 1. The van der Waals surface area contributed by atoms with Gasteiger partial charge in [0.15, 0.2) is 0 Å². The summed E-state index contributed by atoms with van der Waals surface area (Å²) in [5, 5.41) is 13.9. The summed E-state index contributed by atoms with van der Waals surface area (Å²) in [4.78, 5) is 12.1. The summed E-state index contributed by atoms with van der Waals surface area (Å²) in [6.07, 6.45) is 1.41. The van der Waals surface area contributed by atoms with Crippen LogP contribution >= 0.6 is 27.5 Å². The van der Waals surface area contributed by atoms with Crippen LogP contribution in [0.1, 0.15) is 15.9 Å². The first kappa shape index (κ1) is 18.1. The lowest BCUT2D eigenvalue weighted by atomic mass is 10.2. The van der Waals surface area contributed by atoms with Crippen molar-refractivity contribution in [2.75, 3.05) is 14.2 Å². The molecule has 1 amide bonds. The Labute approximate surface area is 152 Å². The zero-order valence-corrected chi connectivity index (χ0v) is 15.2. The van der Waals surface area contributed by atoms with Crippen LogP contribution in [0.15, 0.2) is 39.9 Å². The van der Waals surface area contributed by atoms with Gasteiger partial charge in [-0.2, -0.15) is 5.10 Å². The van der Waals surface area contributed by atoms with Crippen LogP contribution in [0.2, 0.25) is 5.02 Å². The molecule has 0 bridgehead atoms. The Hall–Kier alpha value is -2.25. The Kier molecular flexibility index (Phi) is 6.05. The van der Waals surface area contributed by atoms with Gasteiger partial charge in [-0.3, -0.25) is 4.79 Å². The molecule has 0 saturated carbocycles. The molecule has 0 heterocycles. The van der Waals surface area contributed by atoms with Crippen LogP contribution in [0.3, 0.4) is 0 Å². The molecular formula is C16H14BrClN2O4. The topological polar surface area (TPSA) is 80.2 Å². The molecule has 0 fully saturated rings. The third-order valence-electron chi connectivity index (χ3n) is 3.11. The molecule has 8 heteroatoms. The van der Waals surface area contributed by atoms with Gasteiger partial charge in [-0.05, 0) is 46.3 Å². The maximum Gasteiger partial charge on any atom is 0.275 e. The van der Waals surface area contributed by atoms with E-state index in [-0.39, 0.29) is 11.3 Å². The first-order valence-corrected chi connectivity index (χ1v) is 7.87. The largest absolute Gasteiger partial charge is 0.507 e. The number of methoxy groups -OCH3 is 2. The van der Waals surface area contributed by atoms with Crippen LogP contribution < -0.4 is 14.9 Å². The van der Waals surface area contributed by atoms with E-state index >= 15 is 0 Å². The molecular weight excluding hydrogens is 400 g/mol. The van der Waals surface area contributed by atoms with Gasteiger partial charge >= 0.3 is 0 Å². The van der Waals surface area contributed by atoms with Crippen LogP contribution in [0, 0.1) is 0 Å². The number of hydrogen-bond donors (Lipinski definition) is 2. The van der Waals surface area contributed by atoms with Crippen molar-refractivity contribution in [2.45, 2.75) is 0 Å². The molecule has 0 aliphatic rings. The third kappa shape index (κ3) is 3.98. The van der Waals surface area contributed by atoms with Crippen LogP contribution in [0.25, 0.3) is 0 Å². The number of hydrazone groups is 1. The van der Waals surface area contributed by atoms with Crippen molar-refractivity contribution in [3.05, 3.63) is 51.0 Å². The van der Waals surface area contributed by atoms with Crippen LogP contribution in [0.4, 0.5) is 0 Å². The number of rotatable bonds is 5. The average Bonchev–Trinajstić information content (AvgIpc) is 2.58. The molecule has 0 aliphatic carbocycles. The molecule has 2 rings (SSSR count). The van der Waals surface area contributed by atoms with Crippen molar-refractivity contribution in [1.82, 2.24) is 5.43 Å². The van der Waals surface area contributed by atoms with Crippen molar-refractivity contribution in [2.24, 2.45) is 5.10 Å². The molecule has 0 unspecified atom stereocenters. The number of amides is 1. The highest BCUT2D eigenvalue weighted by atomic mass is 79.9. The first-order chi connectivity index (χ1) is 11.5. The van der Waals surface area contributed by atoms with Crippen molar-refractivity contribution >= 4 is 39.7 Å². The molecule has 126 valence electrons. The highest BCUT2D eigenvalue weighted by Crippen LogP contribution is 2.33. The summed E-state index contributed by atoms with van der Waals surface area (Å²) < 4.78 is 11.1. The second-order valence-corrected chi connectivity index (χ2v) is 5.79. The Morgan fingerprint density at radius 3 is 2.58 bits per heavy atom. The van der Waals surface area contributed by atoms with Gasteiger partial charge in [-0.25, -0.2) is 5.43 Å². The average molecular weight is 414 g/mol. The van der Waals surface area contributed by atoms with Gasteiger partial charge in [0.05, 0.1) is 36.0 Å². The number of hydrogen-bond acceptors (Lipinski definition) is 5. The molecule has 2 aromatic rings. The number of carbonyl (C=O) groups excluding carboxylic acids is 1. The van der Waals surface area contributed by atoms with Crippen LogP contribution in [-0.4, -0.2) is 31.4 Å². The highest BCUT2D eigenvalue weighted by Gasteiger charge is 2.13. The van der Waals surface area contributed by atoms with Gasteiger partial charge in [-0.15, -0.1) is 0 Å². The van der Waals surface area contributed by atoms with E-state index in [0.717, 1.165) is 0 Å². The van der Waals surface area contributed by atoms with E-state index < -0.39 is 5.91 Å². The minimum atomic E-state index is -0.593. The molecule has 0 radical (unpaired) electrons. The zero-order chi connectivity index (χ0) is 17.7. The van der Waals surface area contributed by atoms with Gasteiger partial charge in [-0.1, -0.05) is 11.6 Å². The lowest BCUT2D eigenvalue weighted by Gasteiger charge is -2.10. The van der Waals surface area contributed by atoms with E-state index in [2.05, 4.69) is 26.5 Å². The van der Waals surface area contributed by atoms with Gasteiger partial charge in [0, 0.05) is 5.02 Å². The maximum atomic E-state index is 12.1. The second kappa shape index (κ2) is 8.03. The summed E-state index contributed by atoms with van der Waals surface area (Å²) in [6.45, 7) is 0. The highest BCUT2D eigenvalue weighted by molar-refractivity contribution is 9.10. The van der Waals surface area contributed by atoms with E-state index in [1.54, 1.807) is 12.1 Å². The molecule has 0 aromatic heterocycles. The number of ether oxygens (including phenoxy) is 2. The van der Waals surface area contributed by atoms with Crippen molar-refractivity contribution in [3.63, 3.8) is 0 Å². The summed E-state index contributed by atoms with van der Waals surface area (Å²) in [7, 11) is 3.06. The zero-order valence-electron chi connectivity index (χ0n) is 12.8. The molecule has 0 saturated heterocycles. The molecule has 0 atom stereocenters. The number of halogens is 2. The lowest BCUT2D eigenvalue weighted by Crippen LogP contribution is -2.17. The fourth-order valence-corrected chi connectivity index (χ4v) is 2.68. The smallest absolute Gasteiger partial charge is 0.275 e. The van der Waals surface area contributed by atoms with Crippen molar-refractivity contribution < 1.29 is 19.4 Å². The molecule has 2 aromatic carbocycles. The first-order valence-electron chi connectivity index (χ1n) is 6.70. The Bertz CT molecular complexity index is 796. The molecule has 0 spiro atoms. The number of phenolic OH excluding ortho intramolecular Hbond substituents is 1. The quantitative estimate of drug-likeness (QED) is 0.580. The Morgan fingerprint density at radius 2 is 1.92 bits per heavy atom. The molecule has 24 heavy (non-hydrogen) atoms. The number of carbonyl (C=O) groups is 1. The monoisotopic (exact) mass is 412 g/mol. The fraction of sp³-hybridized carbons (Fsp3) is 0.125. The van der Waals surface area contributed by atoms with Crippen molar-refractivity contribution in [3.8, 4) is 17.2 Å². The maximum absolute atomic E-state index is 12.1. The van der Waals surface area contributed by atoms with E-state index in [1.165, 1.54) is 38.6 Å². The summed E-state index contributed by atoms with van der Waals surface area (Å²) in [6, 6.07) is 7.62. The predicted molar refractivity (Wildman–Crippen MR) is 95.4 cm³/mol. The molecule has 2 N–H and O–H groups in total. The minimum Gasteiger partial charge on any atom is -0.507 e. The normalized spacial score (nSPS) is 10.7. The van der Waals surface area contributed by atoms with E-state index in [4.69, 9.17) is 21.1 Å². The number of nitrogens with one attached hydrogen (secondary N) is 1. The summed E-state index contributed by atoms with van der Waals surface area (Å²) >= 11 is 9.22. The van der Waals surface area contributed by atoms with Gasteiger partial charge in [0.2, 0.25) is 0 Å². The SMILES string of the molecule is COc1ccc(OC)c(/C=N/NC(=O)c2cc(Cl)ccc2O)c1Br. The van der Waals surface area contributed by atoms with E-state index in [0.29, 0.717) is 26.6 Å².